The van der Waals surface area contributed by atoms with Gasteiger partial charge in [-0.2, -0.15) is 0 Å². The molecule has 0 atom stereocenters. The number of carbonyl (C=O) groups excluding carboxylic acids is 1. The van der Waals surface area contributed by atoms with Crippen molar-refractivity contribution >= 4 is 22.4 Å². The molecule has 0 saturated carbocycles. The highest BCUT2D eigenvalue weighted by Gasteiger charge is 2.11. The molecule has 0 aliphatic heterocycles. The SMILES string of the molecule is Cc1ccccc1CNC(=O)c1nnc(N)s1. The Morgan fingerprint density at radius 1 is 1.41 bits per heavy atom. The molecule has 0 unspecified atom stereocenters. The summed E-state index contributed by atoms with van der Waals surface area (Å²) in [6.45, 7) is 2.48. The Kier molecular flexibility index (Phi) is 3.34. The molecule has 3 N–H and O–H groups in total. The van der Waals surface area contributed by atoms with Gasteiger partial charge in [-0.3, -0.25) is 4.79 Å². The maximum atomic E-state index is 11.7. The molecule has 1 amide bonds. The zero-order valence-electron chi connectivity index (χ0n) is 9.30. The van der Waals surface area contributed by atoms with E-state index in [0.29, 0.717) is 11.7 Å². The van der Waals surface area contributed by atoms with Gasteiger partial charge in [0.05, 0.1) is 0 Å². The molecule has 6 heteroatoms. The number of benzene rings is 1. The van der Waals surface area contributed by atoms with Crippen molar-refractivity contribution in [2.24, 2.45) is 0 Å². The first-order valence-electron chi connectivity index (χ1n) is 5.08. The second-order valence-electron chi connectivity index (χ2n) is 3.55. The smallest absolute Gasteiger partial charge is 0.282 e. The van der Waals surface area contributed by atoms with Crippen molar-refractivity contribution in [2.75, 3.05) is 5.73 Å². The quantitative estimate of drug-likeness (QED) is 0.859. The molecule has 5 nitrogen and oxygen atoms in total. The van der Waals surface area contributed by atoms with Gasteiger partial charge in [-0.15, -0.1) is 10.2 Å². The normalized spacial score (nSPS) is 10.2. The maximum absolute atomic E-state index is 11.7. The second-order valence-corrected chi connectivity index (χ2v) is 4.56. The van der Waals surface area contributed by atoms with E-state index in [-0.39, 0.29) is 10.9 Å². The van der Waals surface area contributed by atoms with E-state index in [9.17, 15) is 4.79 Å². The van der Waals surface area contributed by atoms with Gasteiger partial charge in [-0.05, 0) is 18.1 Å². The van der Waals surface area contributed by atoms with Crippen molar-refractivity contribution in [1.29, 1.82) is 0 Å². The number of amides is 1. The molecule has 1 aromatic heterocycles. The fourth-order valence-corrected chi connectivity index (χ4v) is 1.91. The molecule has 2 aromatic rings. The summed E-state index contributed by atoms with van der Waals surface area (Å²) in [5.41, 5.74) is 7.64. The van der Waals surface area contributed by atoms with E-state index < -0.39 is 0 Å². The fourth-order valence-electron chi connectivity index (χ4n) is 1.39. The average Bonchev–Trinajstić information content (AvgIpc) is 2.74. The molecular formula is C11H12N4OS. The van der Waals surface area contributed by atoms with Gasteiger partial charge in [-0.25, -0.2) is 0 Å². The third kappa shape index (κ3) is 2.79. The van der Waals surface area contributed by atoms with E-state index in [4.69, 9.17) is 5.73 Å². The standard InChI is InChI=1S/C11H12N4OS/c1-7-4-2-3-5-8(7)6-13-9(16)10-14-15-11(12)17-10/h2-5H,6H2,1H3,(H2,12,15)(H,13,16). The number of nitrogen functional groups attached to an aromatic ring is 1. The summed E-state index contributed by atoms with van der Waals surface area (Å²) in [5.74, 6) is -0.248. The van der Waals surface area contributed by atoms with Gasteiger partial charge in [-0.1, -0.05) is 35.6 Å². The second kappa shape index (κ2) is 4.92. The van der Waals surface area contributed by atoms with E-state index in [0.717, 1.165) is 22.5 Å². The summed E-state index contributed by atoms with van der Waals surface area (Å²) in [4.78, 5) is 11.7. The van der Waals surface area contributed by atoms with Crippen LogP contribution < -0.4 is 11.1 Å². The van der Waals surface area contributed by atoms with Crippen molar-refractivity contribution in [3.8, 4) is 0 Å². The van der Waals surface area contributed by atoms with Crippen molar-refractivity contribution in [1.82, 2.24) is 15.5 Å². The number of aryl methyl sites for hydroxylation is 1. The number of nitrogens with one attached hydrogen (secondary N) is 1. The van der Waals surface area contributed by atoms with Crippen LogP contribution in [0.15, 0.2) is 24.3 Å². The monoisotopic (exact) mass is 248 g/mol. The number of carbonyl (C=O) groups is 1. The Bertz CT molecular complexity index is 538. The van der Waals surface area contributed by atoms with Gasteiger partial charge in [0.2, 0.25) is 10.1 Å². The van der Waals surface area contributed by atoms with Crippen LogP contribution in [0.1, 0.15) is 20.9 Å². The Balaban J connectivity index is 1.99. The Morgan fingerprint density at radius 3 is 2.82 bits per heavy atom. The van der Waals surface area contributed by atoms with Gasteiger partial charge in [0, 0.05) is 6.54 Å². The number of nitrogens with zero attached hydrogens (tertiary/aromatic N) is 2. The van der Waals surface area contributed by atoms with E-state index >= 15 is 0 Å². The third-order valence-corrected chi connectivity index (χ3v) is 3.09. The number of hydrogen-bond donors (Lipinski definition) is 2. The molecule has 1 heterocycles. The number of hydrogen-bond acceptors (Lipinski definition) is 5. The number of rotatable bonds is 3. The first kappa shape index (κ1) is 11.5. The lowest BCUT2D eigenvalue weighted by atomic mass is 10.1. The van der Waals surface area contributed by atoms with Crippen LogP contribution in [-0.4, -0.2) is 16.1 Å². The van der Waals surface area contributed by atoms with Crippen LogP contribution >= 0.6 is 11.3 Å². The minimum atomic E-state index is -0.248. The van der Waals surface area contributed by atoms with Crippen LogP contribution in [0.5, 0.6) is 0 Å². The van der Waals surface area contributed by atoms with Crippen molar-refractivity contribution in [3.05, 3.63) is 40.4 Å². The van der Waals surface area contributed by atoms with Crippen LogP contribution in [0.3, 0.4) is 0 Å². The van der Waals surface area contributed by atoms with Crippen molar-refractivity contribution in [3.63, 3.8) is 0 Å². The Labute approximate surface area is 103 Å². The predicted molar refractivity (Wildman–Crippen MR) is 66.7 cm³/mol. The lowest BCUT2D eigenvalue weighted by molar-refractivity contribution is 0.0950. The van der Waals surface area contributed by atoms with E-state index in [1.54, 1.807) is 0 Å². The molecular weight excluding hydrogens is 236 g/mol. The highest BCUT2D eigenvalue weighted by Crippen LogP contribution is 2.11. The Hall–Kier alpha value is -1.95. The molecule has 0 aliphatic rings. The Morgan fingerprint density at radius 2 is 2.18 bits per heavy atom. The third-order valence-electron chi connectivity index (χ3n) is 2.34. The topological polar surface area (TPSA) is 80.9 Å². The van der Waals surface area contributed by atoms with Gasteiger partial charge in [0.15, 0.2) is 0 Å². The lowest BCUT2D eigenvalue weighted by Crippen LogP contribution is -2.23. The molecule has 0 aliphatic carbocycles. The van der Waals surface area contributed by atoms with Crippen LogP contribution in [0.4, 0.5) is 5.13 Å². The zero-order valence-corrected chi connectivity index (χ0v) is 10.1. The lowest BCUT2D eigenvalue weighted by Gasteiger charge is -2.05. The molecule has 17 heavy (non-hydrogen) atoms. The van der Waals surface area contributed by atoms with E-state index in [1.165, 1.54) is 0 Å². The largest absolute Gasteiger partial charge is 0.374 e. The summed E-state index contributed by atoms with van der Waals surface area (Å²) in [6, 6.07) is 7.89. The molecule has 0 bridgehead atoms. The molecule has 0 spiro atoms. The highest BCUT2D eigenvalue weighted by atomic mass is 32.1. The van der Waals surface area contributed by atoms with Crippen LogP contribution in [-0.2, 0) is 6.54 Å². The minimum absolute atomic E-state index is 0.248. The molecule has 88 valence electrons. The number of anilines is 1. The first-order valence-corrected chi connectivity index (χ1v) is 5.90. The number of nitrogens with two attached hydrogens (primary N) is 1. The summed E-state index contributed by atoms with van der Waals surface area (Å²) in [6.07, 6.45) is 0. The van der Waals surface area contributed by atoms with Gasteiger partial charge in [0.25, 0.3) is 5.91 Å². The van der Waals surface area contributed by atoms with Crippen LogP contribution in [0.25, 0.3) is 0 Å². The fraction of sp³-hybridized carbons (Fsp3) is 0.182. The summed E-state index contributed by atoms with van der Waals surface area (Å²) in [7, 11) is 0. The average molecular weight is 248 g/mol. The van der Waals surface area contributed by atoms with Crippen molar-refractivity contribution < 1.29 is 4.79 Å². The zero-order chi connectivity index (χ0) is 12.3. The summed E-state index contributed by atoms with van der Waals surface area (Å²) in [5, 5.41) is 10.6. The molecule has 0 fully saturated rings. The van der Waals surface area contributed by atoms with Gasteiger partial charge >= 0.3 is 0 Å². The van der Waals surface area contributed by atoms with Crippen LogP contribution in [0, 0.1) is 6.92 Å². The molecule has 2 rings (SSSR count). The van der Waals surface area contributed by atoms with Gasteiger partial charge in [0.1, 0.15) is 0 Å². The number of aromatic nitrogens is 2. The summed E-state index contributed by atoms with van der Waals surface area (Å²) >= 11 is 1.08. The summed E-state index contributed by atoms with van der Waals surface area (Å²) < 4.78 is 0. The van der Waals surface area contributed by atoms with Crippen molar-refractivity contribution in [2.45, 2.75) is 13.5 Å². The van der Waals surface area contributed by atoms with Gasteiger partial charge < -0.3 is 11.1 Å². The maximum Gasteiger partial charge on any atom is 0.282 e. The highest BCUT2D eigenvalue weighted by molar-refractivity contribution is 7.16. The predicted octanol–water partition coefficient (Wildman–Crippen LogP) is 1.36. The van der Waals surface area contributed by atoms with E-state index in [1.807, 2.05) is 31.2 Å². The molecule has 0 radical (unpaired) electrons. The first-order chi connectivity index (χ1) is 8.16. The molecule has 1 aromatic carbocycles. The van der Waals surface area contributed by atoms with E-state index in [2.05, 4.69) is 15.5 Å². The van der Waals surface area contributed by atoms with Crippen LogP contribution in [0.2, 0.25) is 0 Å². The molecule has 0 saturated heterocycles. The minimum Gasteiger partial charge on any atom is -0.374 e.